The highest BCUT2D eigenvalue weighted by atomic mass is 32.2. The minimum atomic E-state index is -0.983. The minimum Gasteiger partial charge on any atom is -0.492 e. The van der Waals surface area contributed by atoms with Crippen LogP contribution in [0.4, 0.5) is 4.79 Å². The molecule has 0 aliphatic heterocycles. The van der Waals surface area contributed by atoms with Crippen molar-refractivity contribution in [3.63, 3.8) is 0 Å². The van der Waals surface area contributed by atoms with Gasteiger partial charge in [-0.3, -0.25) is 0 Å². The molecule has 0 saturated carbocycles. The van der Waals surface area contributed by atoms with Crippen molar-refractivity contribution < 1.29 is 33.6 Å². The molecule has 3 aromatic rings. The predicted octanol–water partition coefficient (Wildman–Crippen LogP) is 6.92. The van der Waals surface area contributed by atoms with Crippen molar-refractivity contribution in [2.75, 3.05) is 37.8 Å². The van der Waals surface area contributed by atoms with E-state index in [9.17, 15) is 14.7 Å². The van der Waals surface area contributed by atoms with E-state index in [1.165, 1.54) is 0 Å². The van der Waals surface area contributed by atoms with Gasteiger partial charge in [0, 0.05) is 19.6 Å². The van der Waals surface area contributed by atoms with Crippen LogP contribution in [0.3, 0.4) is 0 Å². The number of carbonyl (C=O) groups excluding carboxylic acids is 1. The molecule has 0 bridgehead atoms. The van der Waals surface area contributed by atoms with E-state index in [0.29, 0.717) is 36.9 Å². The van der Waals surface area contributed by atoms with Crippen molar-refractivity contribution in [1.29, 1.82) is 0 Å². The molecule has 0 saturated heterocycles. The fourth-order valence-electron chi connectivity index (χ4n) is 3.89. The van der Waals surface area contributed by atoms with Gasteiger partial charge in [0.15, 0.2) is 6.10 Å². The van der Waals surface area contributed by atoms with Gasteiger partial charge in [-0.05, 0) is 85.4 Å². The van der Waals surface area contributed by atoms with Crippen LogP contribution in [-0.4, -0.2) is 66.0 Å². The summed E-state index contributed by atoms with van der Waals surface area (Å²) in [7, 11) is 0. The number of carbonyl (C=O) groups is 2. The van der Waals surface area contributed by atoms with Crippen molar-refractivity contribution >= 4 is 23.8 Å². The van der Waals surface area contributed by atoms with E-state index < -0.39 is 18.2 Å². The number of amides is 1. The number of ether oxygens (including phenoxy) is 4. The fraction of sp³-hybridized carbons (Fsp3) is 0.375. The number of thioether (sulfide) groups is 1. The number of rotatable bonds is 18. The van der Waals surface area contributed by atoms with E-state index in [4.69, 9.17) is 18.9 Å². The van der Waals surface area contributed by atoms with Crippen LogP contribution in [0.5, 0.6) is 23.0 Å². The number of carboxylic acids is 1. The Labute approximate surface area is 246 Å². The highest BCUT2D eigenvalue weighted by molar-refractivity contribution is 7.99. The molecular formula is C32H39NO7S. The minimum absolute atomic E-state index is 0.276. The lowest BCUT2D eigenvalue weighted by atomic mass is 10.1. The normalized spacial score (nSPS) is 11.5. The van der Waals surface area contributed by atoms with E-state index in [1.807, 2.05) is 54.2 Å². The molecule has 0 heterocycles. The molecule has 1 unspecified atom stereocenters. The smallest absolute Gasteiger partial charge is 0.415 e. The van der Waals surface area contributed by atoms with Crippen LogP contribution >= 0.6 is 11.8 Å². The maximum Gasteiger partial charge on any atom is 0.415 e. The van der Waals surface area contributed by atoms with Crippen molar-refractivity contribution in [3.8, 4) is 23.0 Å². The van der Waals surface area contributed by atoms with E-state index in [-0.39, 0.29) is 13.0 Å². The topological polar surface area (TPSA) is 94.5 Å². The Morgan fingerprint density at radius 2 is 1.49 bits per heavy atom. The summed E-state index contributed by atoms with van der Waals surface area (Å²) in [6, 6.07) is 23.7. The first-order chi connectivity index (χ1) is 20.0. The molecule has 3 aromatic carbocycles. The number of nitrogens with zero attached hydrogens (tertiary/aromatic N) is 1. The number of aliphatic carboxylic acids is 1. The fourth-order valence-corrected chi connectivity index (χ4v) is 4.72. The molecule has 9 heteroatoms. The number of para-hydroxylation sites is 1. The molecule has 220 valence electrons. The first-order valence-corrected chi connectivity index (χ1v) is 15.1. The van der Waals surface area contributed by atoms with Crippen LogP contribution in [0.25, 0.3) is 0 Å². The Bertz CT molecular complexity index is 1170. The predicted molar refractivity (Wildman–Crippen MR) is 161 cm³/mol. The van der Waals surface area contributed by atoms with Crippen molar-refractivity contribution in [2.24, 2.45) is 0 Å². The summed E-state index contributed by atoms with van der Waals surface area (Å²) in [5.74, 6) is 3.53. The van der Waals surface area contributed by atoms with Crippen LogP contribution in [0.15, 0.2) is 78.9 Å². The van der Waals surface area contributed by atoms with E-state index in [1.54, 1.807) is 48.2 Å². The van der Waals surface area contributed by atoms with Gasteiger partial charge in [-0.1, -0.05) is 37.3 Å². The highest BCUT2D eigenvalue weighted by Gasteiger charge is 2.18. The molecular weight excluding hydrogens is 542 g/mol. The summed E-state index contributed by atoms with van der Waals surface area (Å²) in [6.07, 6.45) is 0.933. The monoisotopic (exact) mass is 581 g/mol. The van der Waals surface area contributed by atoms with Gasteiger partial charge in [0.05, 0.1) is 6.54 Å². The van der Waals surface area contributed by atoms with E-state index in [2.05, 4.69) is 6.92 Å². The summed E-state index contributed by atoms with van der Waals surface area (Å²) in [6.45, 7) is 5.47. The van der Waals surface area contributed by atoms with Crippen LogP contribution in [0.2, 0.25) is 0 Å². The molecule has 0 aliphatic carbocycles. The standard InChI is InChI=1S/C32H39NO7S/c1-3-22-41-23-8-19-33(20-21-38-26-13-11-25(12-14-26)24-30(31(34)35)37-4-2)32(36)40-29-17-15-28(16-18-29)39-27-9-6-5-7-10-27/h5-7,9-18,30H,3-4,8,19-24H2,1-2H3,(H,34,35). The molecule has 1 atom stereocenters. The van der Waals surface area contributed by atoms with Gasteiger partial charge in [-0.25, -0.2) is 9.59 Å². The molecule has 0 aliphatic rings. The molecule has 0 spiro atoms. The summed E-state index contributed by atoms with van der Waals surface area (Å²) in [4.78, 5) is 26.1. The van der Waals surface area contributed by atoms with E-state index >= 15 is 0 Å². The Morgan fingerprint density at radius 1 is 0.829 bits per heavy atom. The van der Waals surface area contributed by atoms with Crippen LogP contribution in [0.1, 0.15) is 32.3 Å². The van der Waals surface area contributed by atoms with Crippen molar-refractivity contribution in [1.82, 2.24) is 4.90 Å². The molecule has 1 N–H and O–H groups in total. The summed E-state index contributed by atoms with van der Waals surface area (Å²) in [5, 5.41) is 9.30. The average molecular weight is 582 g/mol. The number of carboxylic acid groups (broad SMARTS) is 1. The first kappa shape index (κ1) is 31.8. The van der Waals surface area contributed by atoms with Gasteiger partial charge in [0.1, 0.15) is 29.6 Å². The SMILES string of the molecule is CCCSCCCN(CCOc1ccc(CC(OCC)C(=O)O)cc1)C(=O)Oc1ccc(Oc2ccccc2)cc1. The second-order valence-corrected chi connectivity index (χ2v) is 10.4. The lowest BCUT2D eigenvalue weighted by Gasteiger charge is -2.22. The first-order valence-electron chi connectivity index (χ1n) is 13.9. The zero-order valence-corrected chi connectivity index (χ0v) is 24.5. The third-order valence-electron chi connectivity index (χ3n) is 5.95. The third kappa shape index (κ3) is 11.8. The Balaban J connectivity index is 1.53. The van der Waals surface area contributed by atoms with Crippen LogP contribution in [0, 0.1) is 0 Å². The molecule has 3 rings (SSSR count). The number of hydrogen-bond donors (Lipinski definition) is 1. The van der Waals surface area contributed by atoms with Crippen molar-refractivity contribution in [3.05, 3.63) is 84.4 Å². The Hall–Kier alpha value is -3.69. The summed E-state index contributed by atoms with van der Waals surface area (Å²) >= 11 is 1.87. The average Bonchev–Trinajstić information content (AvgIpc) is 2.98. The van der Waals surface area contributed by atoms with Crippen LogP contribution < -0.4 is 14.2 Å². The van der Waals surface area contributed by atoms with Gasteiger partial charge in [0.25, 0.3) is 0 Å². The molecule has 0 fully saturated rings. The van der Waals surface area contributed by atoms with Gasteiger partial charge >= 0.3 is 12.1 Å². The number of hydrogen-bond acceptors (Lipinski definition) is 7. The zero-order chi connectivity index (χ0) is 29.3. The van der Waals surface area contributed by atoms with Crippen LogP contribution in [-0.2, 0) is 16.0 Å². The maximum atomic E-state index is 13.1. The third-order valence-corrected chi connectivity index (χ3v) is 7.22. The second-order valence-electron chi connectivity index (χ2n) is 9.19. The second kappa shape index (κ2) is 17.9. The summed E-state index contributed by atoms with van der Waals surface area (Å²) < 4.78 is 22.7. The molecule has 0 radical (unpaired) electrons. The van der Waals surface area contributed by atoms with Gasteiger partial charge in [-0.15, -0.1) is 0 Å². The Kier molecular flexibility index (Phi) is 13.9. The number of benzene rings is 3. The lowest BCUT2D eigenvalue weighted by molar-refractivity contribution is -0.149. The lowest BCUT2D eigenvalue weighted by Crippen LogP contribution is -2.37. The molecule has 8 nitrogen and oxygen atoms in total. The van der Waals surface area contributed by atoms with Gasteiger partial charge in [0.2, 0.25) is 0 Å². The molecule has 0 aromatic heterocycles. The highest BCUT2D eigenvalue weighted by Crippen LogP contribution is 2.24. The van der Waals surface area contributed by atoms with Crippen molar-refractivity contribution in [2.45, 2.75) is 39.2 Å². The Morgan fingerprint density at radius 3 is 2.15 bits per heavy atom. The van der Waals surface area contributed by atoms with Gasteiger partial charge < -0.3 is 29.0 Å². The summed E-state index contributed by atoms with van der Waals surface area (Å²) in [5.41, 5.74) is 0.841. The molecule has 41 heavy (non-hydrogen) atoms. The van der Waals surface area contributed by atoms with Gasteiger partial charge in [-0.2, -0.15) is 11.8 Å². The largest absolute Gasteiger partial charge is 0.492 e. The maximum absolute atomic E-state index is 13.1. The quantitative estimate of drug-likeness (QED) is 0.162. The van der Waals surface area contributed by atoms with E-state index in [0.717, 1.165) is 35.7 Å². The molecule has 1 amide bonds. The zero-order valence-electron chi connectivity index (χ0n) is 23.7.